The maximum atomic E-state index is 12.3. The lowest BCUT2D eigenvalue weighted by atomic mass is 10.1. The molecule has 1 aromatic carbocycles. The second-order valence-corrected chi connectivity index (χ2v) is 8.04. The first-order chi connectivity index (χ1) is 14.0. The molecule has 1 saturated carbocycles. The highest BCUT2D eigenvalue weighted by Gasteiger charge is 2.30. The van der Waals surface area contributed by atoms with Gasteiger partial charge in [-0.3, -0.25) is 9.48 Å². The number of nitrogens with one attached hydrogen (secondary N) is 1. The van der Waals surface area contributed by atoms with Crippen molar-refractivity contribution in [2.45, 2.75) is 51.5 Å². The van der Waals surface area contributed by atoms with Gasteiger partial charge in [-0.05, 0) is 50.7 Å². The van der Waals surface area contributed by atoms with Crippen molar-refractivity contribution in [3.05, 3.63) is 53.2 Å². The van der Waals surface area contributed by atoms with E-state index in [2.05, 4.69) is 34.5 Å². The Bertz CT molecular complexity index is 1010. The van der Waals surface area contributed by atoms with E-state index in [1.807, 2.05) is 42.9 Å². The average molecular weight is 393 g/mol. The van der Waals surface area contributed by atoms with E-state index in [4.69, 9.17) is 4.74 Å². The molecule has 1 N–H and O–H groups in total. The molecule has 0 radical (unpaired) electrons. The Morgan fingerprint density at radius 3 is 2.79 bits per heavy atom. The van der Waals surface area contributed by atoms with Crippen LogP contribution in [0, 0.1) is 6.92 Å². The standard InChI is InChI=1S/C23H28N4O2/c1-15-13-20(25-23-21(15)22(18-11-12-18)26-27(23)3)29-14-19(28)24-16(2)9-10-17-7-5-4-6-8-17/h4-8,13,16,18H,9-12,14H2,1-3H3,(H,24,28)/t16-/m0/s1. The molecule has 0 saturated heterocycles. The molecule has 1 atom stereocenters. The zero-order valence-corrected chi connectivity index (χ0v) is 17.3. The van der Waals surface area contributed by atoms with Crippen LogP contribution in [0.2, 0.25) is 0 Å². The number of aryl methyl sites for hydroxylation is 3. The fourth-order valence-corrected chi connectivity index (χ4v) is 3.71. The summed E-state index contributed by atoms with van der Waals surface area (Å²) in [5.41, 5.74) is 4.33. The first-order valence-electron chi connectivity index (χ1n) is 10.3. The molecule has 0 spiro atoms. The van der Waals surface area contributed by atoms with Gasteiger partial charge in [-0.25, -0.2) is 0 Å². The number of benzene rings is 1. The van der Waals surface area contributed by atoms with Crippen molar-refractivity contribution < 1.29 is 9.53 Å². The van der Waals surface area contributed by atoms with Crippen LogP contribution in [-0.2, 0) is 18.3 Å². The summed E-state index contributed by atoms with van der Waals surface area (Å²) in [5, 5.41) is 8.78. The molecule has 6 nitrogen and oxygen atoms in total. The zero-order chi connectivity index (χ0) is 20.4. The van der Waals surface area contributed by atoms with E-state index < -0.39 is 0 Å². The maximum Gasteiger partial charge on any atom is 0.258 e. The molecule has 29 heavy (non-hydrogen) atoms. The maximum absolute atomic E-state index is 12.3. The Morgan fingerprint density at radius 1 is 1.31 bits per heavy atom. The van der Waals surface area contributed by atoms with E-state index >= 15 is 0 Å². The van der Waals surface area contributed by atoms with Gasteiger partial charge in [0.25, 0.3) is 5.91 Å². The van der Waals surface area contributed by atoms with E-state index in [9.17, 15) is 4.79 Å². The second-order valence-electron chi connectivity index (χ2n) is 8.04. The molecule has 1 amide bonds. The summed E-state index contributed by atoms with van der Waals surface area (Å²) in [6.45, 7) is 4.03. The van der Waals surface area contributed by atoms with Gasteiger partial charge in [0, 0.05) is 30.5 Å². The molecule has 0 unspecified atom stereocenters. The predicted molar refractivity (Wildman–Crippen MR) is 113 cm³/mol. The van der Waals surface area contributed by atoms with Crippen LogP contribution in [0.5, 0.6) is 5.88 Å². The molecule has 2 aromatic heterocycles. The van der Waals surface area contributed by atoms with E-state index in [1.165, 1.54) is 18.4 Å². The molecular formula is C23H28N4O2. The van der Waals surface area contributed by atoms with Crippen molar-refractivity contribution in [1.82, 2.24) is 20.1 Å². The molecule has 0 aliphatic heterocycles. The molecule has 4 rings (SSSR count). The van der Waals surface area contributed by atoms with Crippen LogP contribution in [0.15, 0.2) is 36.4 Å². The van der Waals surface area contributed by atoms with E-state index in [1.54, 1.807) is 0 Å². The van der Waals surface area contributed by atoms with Crippen molar-refractivity contribution in [1.29, 1.82) is 0 Å². The second kappa shape index (κ2) is 8.23. The minimum absolute atomic E-state index is 0.0407. The van der Waals surface area contributed by atoms with Gasteiger partial charge >= 0.3 is 0 Å². The van der Waals surface area contributed by atoms with Gasteiger partial charge in [-0.1, -0.05) is 30.3 Å². The van der Waals surface area contributed by atoms with Crippen LogP contribution in [-0.4, -0.2) is 33.3 Å². The van der Waals surface area contributed by atoms with Crippen molar-refractivity contribution in [3.63, 3.8) is 0 Å². The van der Waals surface area contributed by atoms with Gasteiger partial charge in [0.2, 0.25) is 5.88 Å². The summed E-state index contributed by atoms with van der Waals surface area (Å²) in [4.78, 5) is 16.9. The Labute approximate surface area is 171 Å². The number of fused-ring (bicyclic) bond motifs is 1. The Hall–Kier alpha value is -2.89. The van der Waals surface area contributed by atoms with Gasteiger partial charge in [0.05, 0.1) is 5.69 Å². The Balaban J connectivity index is 1.33. The highest BCUT2D eigenvalue weighted by molar-refractivity contribution is 5.84. The van der Waals surface area contributed by atoms with Gasteiger partial charge in [-0.2, -0.15) is 10.1 Å². The third-order valence-electron chi connectivity index (χ3n) is 5.43. The molecule has 3 aromatic rings. The third-order valence-corrected chi connectivity index (χ3v) is 5.43. The summed E-state index contributed by atoms with van der Waals surface area (Å²) in [6.07, 6.45) is 4.22. The molecule has 2 heterocycles. The number of carbonyl (C=O) groups is 1. The van der Waals surface area contributed by atoms with E-state index in [0.29, 0.717) is 11.8 Å². The number of aromatic nitrogens is 3. The van der Waals surface area contributed by atoms with Crippen molar-refractivity contribution in [2.24, 2.45) is 7.05 Å². The van der Waals surface area contributed by atoms with Gasteiger partial charge < -0.3 is 10.1 Å². The number of amides is 1. The SMILES string of the molecule is Cc1cc(OCC(=O)N[C@@H](C)CCc2ccccc2)nc2c1c(C1CC1)nn2C. The number of hydrogen-bond donors (Lipinski definition) is 1. The molecule has 6 heteroatoms. The highest BCUT2D eigenvalue weighted by atomic mass is 16.5. The van der Waals surface area contributed by atoms with Crippen LogP contribution in [0.1, 0.15) is 48.9 Å². The fourth-order valence-electron chi connectivity index (χ4n) is 3.71. The average Bonchev–Trinajstić information content (AvgIpc) is 3.50. The number of nitrogens with zero attached hydrogens (tertiary/aromatic N) is 3. The normalized spacial score (nSPS) is 14.7. The summed E-state index contributed by atoms with van der Waals surface area (Å²) in [7, 11) is 1.91. The minimum Gasteiger partial charge on any atom is -0.468 e. The number of ether oxygens (including phenoxy) is 1. The molecule has 1 fully saturated rings. The van der Waals surface area contributed by atoms with Crippen molar-refractivity contribution in [2.75, 3.05) is 6.61 Å². The lowest BCUT2D eigenvalue weighted by Gasteiger charge is -2.14. The largest absolute Gasteiger partial charge is 0.468 e. The number of rotatable bonds is 8. The summed E-state index contributed by atoms with van der Waals surface area (Å²) < 4.78 is 7.51. The zero-order valence-electron chi connectivity index (χ0n) is 17.3. The van der Waals surface area contributed by atoms with Gasteiger partial charge in [-0.15, -0.1) is 0 Å². The lowest BCUT2D eigenvalue weighted by molar-refractivity contribution is -0.123. The van der Waals surface area contributed by atoms with Gasteiger partial charge in [0.1, 0.15) is 0 Å². The predicted octanol–water partition coefficient (Wildman–Crippen LogP) is 3.67. The molecule has 0 bridgehead atoms. The highest BCUT2D eigenvalue weighted by Crippen LogP contribution is 2.43. The molecule has 1 aliphatic rings. The summed E-state index contributed by atoms with van der Waals surface area (Å²) >= 11 is 0. The quantitative estimate of drug-likeness (QED) is 0.635. The van der Waals surface area contributed by atoms with Crippen LogP contribution in [0.25, 0.3) is 11.0 Å². The van der Waals surface area contributed by atoms with E-state index in [0.717, 1.165) is 35.1 Å². The summed E-state index contributed by atoms with van der Waals surface area (Å²) in [6, 6.07) is 12.3. The summed E-state index contributed by atoms with van der Waals surface area (Å²) in [5.74, 6) is 0.898. The monoisotopic (exact) mass is 392 g/mol. The van der Waals surface area contributed by atoms with Crippen LogP contribution in [0.4, 0.5) is 0 Å². The third kappa shape index (κ3) is 4.58. The number of hydrogen-bond acceptors (Lipinski definition) is 4. The molecule has 1 aliphatic carbocycles. The topological polar surface area (TPSA) is 69.0 Å². The Kier molecular flexibility index (Phi) is 5.51. The number of pyridine rings is 1. The number of carbonyl (C=O) groups excluding carboxylic acids is 1. The minimum atomic E-state index is -0.131. The van der Waals surface area contributed by atoms with Crippen molar-refractivity contribution >= 4 is 16.9 Å². The van der Waals surface area contributed by atoms with Gasteiger partial charge in [0.15, 0.2) is 12.3 Å². The first kappa shape index (κ1) is 19.4. The lowest BCUT2D eigenvalue weighted by Crippen LogP contribution is -2.36. The van der Waals surface area contributed by atoms with Crippen LogP contribution < -0.4 is 10.1 Å². The van der Waals surface area contributed by atoms with E-state index in [-0.39, 0.29) is 18.6 Å². The fraction of sp³-hybridized carbons (Fsp3) is 0.435. The molecule has 152 valence electrons. The smallest absolute Gasteiger partial charge is 0.258 e. The van der Waals surface area contributed by atoms with Crippen LogP contribution in [0.3, 0.4) is 0 Å². The Morgan fingerprint density at radius 2 is 2.07 bits per heavy atom. The van der Waals surface area contributed by atoms with Crippen molar-refractivity contribution in [3.8, 4) is 5.88 Å². The van der Waals surface area contributed by atoms with Crippen LogP contribution >= 0.6 is 0 Å². The molecular weight excluding hydrogens is 364 g/mol. The first-order valence-corrected chi connectivity index (χ1v) is 10.3.